The van der Waals surface area contributed by atoms with E-state index in [1.807, 2.05) is 0 Å². The zero-order valence-corrected chi connectivity index (χ0v) is 21.1. The quantitative estimate of drug-likeness (QED) is 0.358. The Labute approximate surface area is 195 Å². The number of esters is 1. The molecule has 0 aromatic heterocycles. The van der Waals surface area contributed by atoms with E-state index in [4.69, 9.17) is 4.74 Å². The average molecular weight is 440 g/mol. The van der Waals surface area contributed by atoms with E-state index >= 15 is 0 Å². The molecule has 3 heteroatoms. The van der Waals surface area contributed by atoms with E-state index in [1.165, 1.54) is 51.5 Å². The molecule has 2 saturated heterocycles. The Bertz CT molecular complexity index is 820. The maximum atomic E-state index is 11.5. The van der Waals surface area contributed by atoms with Crippen LogP contribution in [0.15, 0.2) is 11.6 Å². The standard InChI is InChI=1S/C29H45NO2/c1-17-6-9-25-18(2)27-26(30(25)16-17)15-24-22-8-7-20-14-21(32-19(3)31)10-12-28(20,4)23(22)11-13-29(24,27)5/h7,17-18,21-27H,6,8-16H2,1-5H3/t17-,18+,21-,22+,23-,24-,25+,26-,27-,28-,29-/m0/s1. The van der Waals surface area contributed by atoms with E-state index < -0.39 is 0 Å². The van der Waals surface area contributed by atoms with E-state index in [0.717, 1.165) is 60.4 Å². The van der Waals surface area contributed by atoms with Gasteiger partial charge in [-0.25, -0.2) is 0 Å². The zero-order chi connectivity index (χ0) is 22.4. The van der Waals surface area contributed by atoms with Crippen LogP contribution in [0.25, 0.3) is 0 Å². The second-order valence-corrected chi connectivity index (χ2v) is 13.4. The molecule has 0 spiro atoms. The molecule has 0 unspecified atom stereocenters. The van der Waals surface area contributed by atoms with Crippen LogP contribution in [0.5, 0.6) is 0 Å². The lowest BCUT2D eigenvalue weighted by atomic mass is 9.47. The predicted octanol–water partition coefficient (Wildman–Crippen LogP) is 6.23. The van der Waals surface area contributed by atoms with Crippen molar-refractivity contribution < 1.29 is 9.53 Å². The Kier molecular flexibility index (Phi) is 4.97. The van der Waals surface area contributed by atoms with Crippen molar-refractivity contribution in [2.24, 2.45) is 46.3 Å². The number of fused-ring (bicyclic) bond motifs is 9. The Balaban J connectivity index is 1.27. The number of carbonyl (C=O) groups excluding carboxylic acids is 1. The molecular formula is C29H45NO2. The van der Waals surface area contributed by atoms with Crippen LogP contribution in [0.4, 0.5) is 0 Å². The fourth-order valence-electron chi connectivity index (χ4n) is 10.7. The van der Waals surface area contributed by atoms with Gasteiger partial charge in [0.1, 0.15) is 6.10 Å². The molecule has 0 bridgehead atoms. The molecule has 0 amide bonds. The molecule has 2 heterocycles. The summed E-state index contributed by atoms with van der Waals surface area (Å²) in [6, 6.07) is 1.72. The summed E-state index contributed by atoms with van der Waals surface area (Å²) in [5.41, 5.74) is 2.51. The Morgan fingerprint density at radius 2 is 1.88 bits per heavy atom. The lowest BCUT2D eigenvalue weighted by molar-refractivity contribution is -0.148. The molecule has 11 atom stereocenters. The second-order valence-electron chi connectivity index (χ2n) is 13.4. The fraction of sp³-hybridized carbons (Fsp3) is 0.897. The van der Waals surface area contributed by atoms with Crippen LogP contribution in [-0.2, 0) is 9.53 Å². The van der Waals surface area contributed by atoms with Crippen molar-refractivity contribution in [3.63, 3.8) is 0 Å². The van der Waals surface area contributed by atoms with Gasteiger partial charge in [0.15, 0.2) is 0 Å². The highest BCUT2D eigenvalue weighted by atomic mass is 16.5. The highest BCUT2D eigenvalue weighted by Gasteiger charge is 2.66. The van der Waals surface area contributed by atoms with Gasteiger partial charge in [0, 0.05) is 32.0 Å². The van der Waals surface area contributed by atoms with Gasteiger partial charge < -0.3 is 4.74 Å². The van der Waals surface area contributed by atoms with E-state index in [2.05, 4.69) is 38.7 Å². The molecule has 5 fully saturated rings. The molecule has 3 saturated carbocycles. The van der Waals surface area contributed by atoms with Crippen LogP contribution in [-0.4, -0.2) is 35.6 Å². The number of hydrogen-bond donors (Lipinski definition) is 0. The van der Waals surface area contributed by atoms with Crippen molar-refractivity contribution in [2.45, 2.75) is 111 Å². The maximum absolute atomic E-state index is 11.5. The van der Waals surface area contributed by atoms with Gasteiger partial charge in [0.05, 0.1) is 0 Å². The summed E-state index contributed by atoms with van der Waals surface area (Å²) in [6.07, 6.45) is 14.4. The Morgan fingerprint density at radius 3 is 2.66 bits per heavy atom. The van der Waals surface area contributed by atoms with Crippen molar-refractivity contribution in [2.75, 3.05) is 6.54 Å². The first-order valence-electron chi connectivity index (χ1n) is 13.8. The largest absolute Gasteiger partial charge is 0.462 e. The molecule has 0 N–H and O–H groups in total. The summed E-state index contributed by atoms with van der Waals surface area (Å²) in [5.74, 6) is 5.17. The average Bonchev–Trinajstić information content (AvgIpc) is 3.20. The fourth-order valence-corrected chi connectivity index (χ4v) is 10.7. The first-order valence-corrected chi connectivity index (χ1v) is 13.8. The Hall–Kier alpha value is -0.830. The van der Waals surface area contributed by atoms with Gasteiger partial charge in [-0.2, -0.15) is 0 Å². The van der Waals surface area contributed by atoms with Gasteiger partial charge >= 0.3 is 5.97 Å². The van der Waals surface area contributed by atoms with E-state index in [9.17, 15) is 4.79 Å². The first-order chi connectivity index (χ1) is 15.2. The van der Waals surface area contributed by atoms with E-state index in [-0.39, 0.29) is 12.1 Å². The summed E-state index contributed by atoms with van der Waals surface area (Å²) in [5, 5.41) is 0. The number of ether oxygens (including phenoxy) is 1. The molecule has 0 radical (unpaired) electrons. The van der Waals surface area contributed by atoms with Crippen LogP contribution in [0.3, 0.4) is 0 Å². The minimum Gasteiger partial charge on any atom is -0.462 e. The molecule has 178 valence electrons. The van der Waals surface area contributed by atoms with Crippen molar-refractivity contribution in [3.05, 3.63) is 11.6 Å². The van der Waals surface area contributed by atoms with E-state index in [0.29, 0.717) is 10.8 Å². The smallest absolute Gasteiger partial charge is 0.302 e. The minimum atomic E-state index is -0.113. The van der Waals surface area contributed by atoms with Gasteiger partial charge in [-0.3, -0.25) is 9.69 Å². The minimum absolute atomic E-state index is 0.113. The van der Waals surface area contributed by atoms with Crippen molar-refractivity contribution in [1.29, 1.82) is 0 Å². The SMILES string of the molecule is CC(=O)O[C@H]1CC[C@@]2(C)C(=CC[C@H]3[C@@H]4C[C@H]5[C@H]([C@H](C)[C@H]6CC[C@H](C)CN65)[C@@]4(C)CC[C@@H]32)C1. The molecule has 32 heavy (non-hydrogen) atoms. The number of hydrogen-bond acceptors (Lipinski definition) is 3. The van der Waals surface area contributed by atoms with Crippen molar-refractivity contribution in [3.8, 4) is 0 Å². The normalized spacial score (nSPS) is 54.5. The maximum Gasteiger partial charge on any atom is 0.302 e. The summed E-state index contributed by atoms with van der Waals surface area (Å²) in [7, 11) is 0. The van der Waals surface area contributed by atoms with Crippen LogP contribution in [0, 0.1) is 46.3 Å². The van der Waals surface area contributed by atoms with Gasteiger partial charge in [-0.05, 0) is 97.7 Å². The van der Waals surface area contributed by atoms with E-state index in [1.54, 1.807) is 12.5 Å². The molecule has 6 aliphatic rings. The summed E-state index contributed by atoms with van der Waals surface area (Å²) in [6.45, 7) is 13.3. The van der Waals surface area contributed by atoms with Gasteiger partial charge in [0.25, 0.3) is 0 Å². The van der Waals surface area contributed by atoms with Crippen LogP contribution in [0.2, 0.25) is 0 Å². The van der Waals surface area contributed by atoms with Crippen LogP contribution >= 0.6 is 0 Å². The molecular weight excluding hydrogens is 394 g/mol. The Morgan fingerprint density at radius 1 is 1.06 bits per heavy atom. The topological polar surface area (TPSA) is 29.5 Å². The summed E-state index contributed by atoms with van der Waals surface area (Å²) < 4.78 is 5.64. The van der Waals surface area contributed by atoms with Gasteiger partial charge in [-0.15, -0.1) is 0 Å². The number of piperidine rings is 1. The molecule has 2 aliphatic heterocycles. The lowest BCUT2D eigenvalue weighted by Gasteiger charge is -2.58. The predicted molar refractivity (Wildman–Crippen MR) is 128 cm³/mol. The molecule has 3 nitrogen and oxygen atoms in total. The van der Waals surface area contributed by atoms with Crippen LogP contribution in [0.1, 0.15) is 92.4 Å². The lowest BCUT2D eigenvalue weighted by Crippen LogP contribution is -2.51. The van der Waals surface area contributed by atoms with Crippen LogP contribution < -0.4 is 0 Å². The highest BCUT2D eigenvalue weighted by Crippen LogP contribution is 2.69. The highest BCUT2D eigenvalue weighted by molar-refractivity contribution is 5.66. The summed E-state index contributed by atoms with van der Waals surface area (Å²) in [4.78, 5) is 14.5. The molecule has 0 aromatic carbocycles. The van der Waals surface area contributed by atoms with Gasteiger partial charge in [0.2, 0.25) is 0 Å². The first kappa shape index (κ1) is 21.7. The third-order valence-electron chi connectivity index (χ3n) is 12.0. The number of nitrogens with zero attached hydrogens (tertiary/aromatic N) is 1. The number of rotatable bonds is 1. The summed E-state index contributed by atoms with van der Waals surface area (Å²) >= 11 is 0. The molecule has 0 aromatic rings. The third-order valence-corrected chi connectivity index (χ3v) is 12.0. The number of allylic oxidation sites excluding steroid dienone is 1. The molecule has 4 aliphatic carbocycles. The van der Waals surface area contributed by atoms with Gasteiger partial charge in [-0.1, -0.05) is 39.3 Å². The monoisotopic (exact) mass is 439 g/mol. The second kappa shape index (κ2) is 7.33. The van der Waals surface area contributed by atoms with Crippen molar-refractivity contribution in [1.82, 2.24) is 4.90 Å². The molecule has 6 rings (SSSR count). The number of carbonyl (C=O) groups is 1. The van der Waals surface area contributed by atoms with Crippen molar-refractivity contribution >= 4 is 5.97 Å². The third kappa shape index (κ3) is 2.91. The zero-order valence-electron chi connectivity index (χ0n) is 21.1.